The molecule has 4 rings (SSSR count). The molecule has 1 aliphatic heterocycles. The minimum absolute atomic E-state index is 0.0216. The lowest BCUT2D eigenvalue weighted by Crippen LogP contribution is -2.53. The van der Waals surface area contributed by atoms with E-state index in [1.54, 1.807) is 0 Å². The number of rotatable bonds is 8. The first-order valence-corrected chi connectivity index (χ1v) is 11.0. The molecular formula is C24H26N6O4. The normalized spacial score (nSPS) is 18.4. The third kappa shape index (κ3) is 5.46. The fraction of sp³-hybridized carbons (Fsp3) is 0.292. The van der Waals surface area contributed by atoms with Crippen LogP contribution < -0.4 is 11.1 Å². The molecule has 0 bridgehead atoms. The molecule has 1 aromatic heterocycles. The number of amides is 3. The van der Waals surface area contributed by atoms with Crippen molar-refractivity contribution in [3.63, 3.8) is 0 Å². The van der Waals surface area contributed by atoms with Crippen LogP contribution in [0.5, 0.6) is 0 Å². The van der Waals surface area contributed by atoms with Gasteiger partial charge in [0.1, 0.15) is 18.6 Å². The van der Waals surface area contributed by atoms with Gasteiger partial charge in [-0.05, 0) is 16.7 Å². The van der Waals surface area contributed by atoms with E-state index in [1.165, 1.54) is 22.0 Å². The van der Waals surface area contributed by atoms with Crippen LogP contribution in [0.2, 0.25) is 0 Å². The molecule has 0 aliphatic carbocycles. The number of nitrogens with two attached hydrogens (primary N) is 1. The summed E-state index contributed by atoms with van der Waals surface area (Å²) in [6.45, 7) is -0.0860. The number of nitrogens with zero attached hydrogens (tertiary/aromatic N) is 4. The predicted molar refractivity (Wildman–Crippen MR) is 123 cm³/mol. The molecule has 34 heavy (non-hydrogen) atoms. The van der Waals surface area contributed by atoms with Crippen molar-refractivity contribution < 1.29 is 19.5 Å². The summed E-state index contributed by atoms with van der Waals surface area (Å²) in [5.41, 5.74) is 8.50. The molecule has 0 spiro atoms. The summed E-state index contributed by atoms with van der Waals surface area (Å²) in [6, 6.07) is 15.7. The third-order valence-corrected chi connectivity index (χ3v) is 5.83. The summed E-state index contributed by atoms with van der Waals surface area (Å²) in [7, 11) is 0. The summed E-state index contributed by atoms with van der Waals surface area (Å²) >= 11 is 0. The van der Waals surface area contributed by atoms with Crippen LogP contribution in [0.1, 0.15) is 12.0 Å². The summed E-state index contributed by atoms with van der Waals surface area (Å²) in [6.07, 6.45) is 2.42. The highest BCUT2D eigenvalue weighted by Gasteiger charge is 2.39. The molecule has 1 aliphatic rings. The first kappa shape index (κ1) is 23.1. The number of carbonyl (C=O) groups excluding carboxylic acids is 3. The molecule has 10 nitrogen and oxygen atoms in total. The summed E-state index contributed by atoms with van der Waals surface area (Å²) in [4.78, 5) is 39.1. The first-order chi connectivity index (χ1) is 16.4. The molecule has 0 saturated carbocycles. The zero-order valence-corrected chi connectivity index (χ0v) is 18.4. The molecule has 0 unspecified atom stereocenters. The number of benzene rings is 2. The molecule has 2 heterocycles. The Morgan fingerprint density at radius 2 is 1.79 bits per heavy atom. The summed E-state index contributed by atoms with van der Waals surface area (Å²) in [5, 5.41) is 20.2. The fourth-order valence-electron chi connectivity index (χ4n) is 4.07. The lowest BCUT2D eigenvalue weighted by atomic mass is 10.00. The van der Waals surface area contributed by atoms with Crippen molar-refractivity contribution in [1.29, 1.82) is 0 Å². The van der Waals surface area contributed by atoms with Gasteiger partial charge in [0.15, 0.2) is 0 Å². The van der Waals surface area contributed by atoms with Crippen LogP contribution >= 0.6 is 0 Å². The Morgan fingerprint density at radius 1 is 1.09 bits per heavy atom. The van der Waals surface area contributed by atoms with Gasteiger partial charge in [0.25, 0.3) is 0 Å². The number of hydrogen-bond donors (Lipinski definition) is 3. The van der Waals surface area contributed by atoms with Crippen LogP contribution in [0.15, 0.2) is 67.0 Å². The Balaban J connectivity index is 1.42. The molecule has 0 radical (unpaired) electrons. The summed E-state index contributed by atoms with van der Waals surface area (Å²) in [5.74, 6) is -1.60. The molecule has 1 fully saturated rings. The Hall–Kier alpha value is -4.05. The molecular weight excluding hydrogens is 436 g/mol. The maximum absolute atomic E-state index is 13.0. The van der Waals surface area contributed by atoms with Crippen molar-refractivity contribution in [2.45, 2.75) is 37.6 Å². The van der Waals surface area contributed by atoms with E-state index < -0.39 is 30.0 Å². The lowest BCUT2D eigenvalue weighted by Gasteiger charge is -2.25. The van der Waals surface area contributed by atoms with Crippen molar-refractivity contribution in [1.82, 2.24) is 25.2 Å². The number of aromatic nitrogens is 3. The van der Waals surface area contributed by atoms with E-state index in [4.69, 9.17) is 5.73 Å². The average molecular weight is 463 g/mol. The highest BCUT2D eigenvalue weighted by Crippen LogP contribution is 2.21. The molecule has 2 aromatic carbocycles. The van der Waals surface area contributed by atoms with E-state index in [9.17, 15) is 19.5 Å². The van der Waals surface area contributed by atoms with E-state index >= 15 is 0 Å². The van der Waals surface area contributed by atoms with Gasteiger partial charge in [-0.2, -0.15) is 0 Å². The number of hydrogen-bond acceptors (Lipinski definition) is 6. The van der Waals surface area contributed by atoms with Gasteiger partial charge in [-0.1, -0.05) is 59.8 Å². The predicted octanol–water partition coefficient (Wildman–Crippen LogP) is 0.120. The molecule has 3 aromatic rings. The molecule has 3 atom stereocenters. The SMILES string of the molecule is NC(=O)[C@@H](Cc1ccc(-c2ccccc2)cc1)NC(=O)[C@@H]1C[C@@H](O)CN1C(=O)Cn1ccnn1. The van der Waals surface area contributed by atoms with E-state index in [0.29, 0.717) is 0 Å². The topological polar surface area (TPSA) is 143 Å². The monoisotopic (exact) mass is 462 g/mol. The van der Waals surface area contributed by atoms with Crippen molar-refractivity contribution in [2.24, 2.45) is 5.73 Å². The van der Waals surface area contributed by atoms with Crippen molar-refractivity contribution in [2.75, 3.05) is 6.54 Å². The number of primary amides is 1. The van der Waals surface area contributed by atoms with Gasteiger partial charge < -0.3 is 21.1 Å². The Bertz CT molecular complexity index is 1130. The average Bonchev–Trinajstić information content (AvgIpc) is 3.49. The third-order valence-electron chi connectivity index (χ3n) is 5.83. The number of likely N-dealkylation sites (tertiary alicyclic amines) is 1. The Kier molecular flexibility index (Phi) is 6.98. The summed E-state index contributed by atoms with van der Waals surface area (Å²) < 4.78 is 1.34. The number of β-amino-alcohol motifs (C(OH)–C–C–N with tert-alkyl or cyclic N) is 1. The van der Waals surface area contributed by atoms with E-state index in [-0.39, 0.29) is 31.8 Å². The van der Waals surface area contributed by atoms with Crippen LogP contribution in [-0.4, -0.2) is 67.5 Å². The van der Waals surface area contributed by atoms with Crippen molar-refractivity contribution in [3.8, 4) is 11.1 Å². The zero-order chi connectivity index (χ0) is 24.1. The Labute approximate surface area is 196 Å². The second kappa shape index (κ2) is 10.3. The second-order valence-corrected chi connectivity index (χ2v) is 8.28. The second-order valence-electron chi connectivity index (χ2n) is 8.28. The van der Waals surface area contributed by atoms with Gasteiger partial charge >= 0.3 is 0 Å². The number of carbonyl (C=O) groups is 3. The van der Waals surface area contributed by atoms with Crippen molar-refractivity contribution in [3.05, 3.63) is 72.6 Å². The van der Waals surface area contributed by atoms with E-state index in [0.717, 1.165) is 16.7 Å². The number of aliphatic hydroxyl groups is 1. The van der Waals surface area contributed by atoms with Crippen LogP contribution in [0.25, 0.3) is 11.1 Å². The molecule has 10 heteroatoms. The largest absolute Gasteiger partial charge is 0.391 e. The van der Waals surface area contributed by atoms with Gasteiger partial charge in [0, 0.05) is 25.6 Å². The van der Waals surface area contributed by atoms with Crippen molar-refractivity contribution >= 4 is 17.7 Å². The van der Waals surface area contributed by atoms with Crippen LogP contribution in [-0.2, 0) is 27.3 Å². The maximum Gasteiger partial charge on any atom is 0.245 e. The quantitative estimate of drug-likeness (QED) is 0.434. The van der Waals surface area contributed by atoms with Crippen LogP contribution in [0.3, 0.4) is 0 Å². The fourth-order valence-corrected chi connectivity index (χ4v) is 4.07. The zero-order valence-electron chi connectivity index (χ0n) is 18.4. The van der Waals surface area contributed by atoms with Crippen LogP contribution in [0, 0.1) is 0 Å². The van der Waals surface area contributed by atoms with E-state index in [1.807, 2.05) is 54.6 Å². The standard InChI is InChI=1S/C24H26N6O4/c25-23(33)20(12-16-6-8-18(9-7-16)17-4-2-1-3-5-17)27-24(34)21-13-19(31)14-30(21)22(32)15-29-11-10-26-28-29/h1-11,19-21,31H,12-15H2,(H2,25,33)(H,27,34)/t19-,20-,21+/m1/s1. The van der Waals surface area contributed by atoms with Gasteiger partial charge in [-0.25, -0.2) is 4.68 Å². The van der Waals surface area contributed by atoms with Gasteiger partial charge in [-0.15, -0.1) is 5.10 Å². The molecule has 176 valence electrons. The van der Waals surface area contributed by atoms with Crippen LogP contribution in [0.4, 0.5) is 0 Å². The number of aliphatic hydroxyl groups excluding tert-OH is 1. The minimum Gasteiger partial charge on any atom is -0.391 e. The van der Waals surface area contributed by atoms with E-state index in [2.05, 4.69) is 15.6 Å². The van der Waals surface area contributed by atoms with Gasteiger partial charge in [0.05, 0.1) is 12.3 Å². The van der Waals surface area contributed by atoms with Gasteiger partial charge in [0.2, 0.25) is 17.7 Å². The first-order valence-electron chi connectivity index (χ1n) is 11.0. The molecule has 1 saturated heterocycles. The highest BCUT2D eigenvalue weighted by atomic mass is 16.3. The smallest absolute Gasteiger partial charge is 0.245 e. The lowest BCUT2D eigenvalue weighted by molar-refractivity contribution is -0.139. The Morgan fingerprint density at radius 3 is 2.44 bits per heavy atom. The highest BCUT2D eigenvalue weighted by molar-refractivity contribution is 5.92. The number of nitrogens with one attached hydrogen (secondary N) is 1. The van der Waals surface area contributed by atoms with Gasteiger partial charge in [-0.3, -0.25) is 14.4 Å². The minimum atomic E-state index is -0.958. The molecule has 4 N–H and O–H groups in total. The maximum atomic E-state index is 13.0. The molecule has 3 amide bonds.